The van der Waals surface area contributed by atoms with Gasteiger partial charge < -0.3 is 25.2 Å². The van der Waals surface area contributed by atoms with Gasteiger partial charge >= 0.3 is 0 Å². The number of rotatable bonds is 1. The monoisotopic (exact) mass is 184 g/mol. The number of hydrogen-bond donors (Lipinski definition) is 4. The molecular formula is C5H9ClO5. The summed E-state index contributed by atoms with van der Waals surface area (Å²) in [6, 6.07) is 0. The van der Waals surface area contributed by atoms with E-state index >= 15 is 0 Å². The maximum absolute atomic E-state index is 9.18. The molecule has 1 aliphatic heterocycles. The van der Waals surface area contributed by atoms with E-state index in [1.807, 2.05) is 0 Å². The third-order valence-corrected chi connectivity index (χ3v) is 2.23. The first-order valence-corrected chi connectivity index (χ1v) is 3.38. The lowest BCUT2D eigenvalue weighted by Gasteiger charge is -2.30. The predicted molar refractivity (Wildman–Crippen MR) is 34.8 cm³/mol. The van der Waals surface area contributed by atoms with Gasteiger partial charge in [-0.15, -0.1) is 0 Å². The molecule has 0 aliphatic carbocycles. The normalized spacial score (nSPS) is 51.5. The first-order valence-electron chi connectivity index (χ1n) is 3.00. The minimum atomic E-state index is -2.33. The van der Waals surface area contributed by atoms with Crippen molar-refractivity contribution in [1.29, 1.82) is 0 Å². The fourth-order valence-corrected chi connectivity index (χ4v) is 1.02. The van der Waals surface area contributed by atoms with Gasteiger partial charge in [0.1, 0.15) is 12.7 Å². The highest BCUT2D eigenvalue weighted by molar-refractivity contribution is 6.24. The summed E-state index contributed by atoms with van der Waals surface area (Å²) in [6.45, 7) is -1.18. The number of hydrogen-bond acceptors (Lipinski definition) is 5. The van der Waals surface area contributed by atoms with Gasteiger partial charge in [0.05, 0.1) is 6.61 Å². The van der Waals surface area contributed by atoms with Crippen molar-refractivity contribution in [2.45, 2.75) is 17.0 Å². The summed E-state index contributed by atoms with van der Waals surface area (Å²) in [7, 11) is 0. The van der Waals surface area contributed by atoms with Crippen LogP contribution in [-0.2, 0) is 4.74 Å². The highest BCUT2D eigenvalue weighted by atomic mass is 35.5. The number of aliphatic hydroxyl groups is 4. The molecular weight excluding hydrogens is 176 g/mol. The second-order valence-corrected chi connectivity index (χ2v) is 3.02. The van der Waals surface area contributed by atoms with Gasteiger partial charge in [0.2, 0.25) is 10.8 Å². The second-order valence-electron chi connectivity index (χ2n) is 2.44. The Hall–Kier alpha value is 0.0900. The Labute approximate surface area is 67.8 Å². The zero-order chi connectivity index (χ0) is 8.70. The van der Waals surface area contributed by atoms with Gasteiger partial charge in [0.15, 0.2) is 0 Å². The molecule has 4 N–H and O–H groups in total. The Bertz CT molecular complexity index is 158. The van der Waals surface area contributed by atoms with Crippen molar-refractivity contribution in [2.75, 3.05) is 13.2 Å². The van der Waals surface area contributed by atoms with E-state index in [-0.39, 0.29) is 6.61 Å². The molecule has 1 fully saturated rings. The van der Waals surface area contributed by atoms with Crippen LogP contribution >= 0.6 is 11.6 Å². The molecule has 0 aromatic rings. The molecule has 0 unspecified atom stereocenters. The van der Waals surface area contributed by atoms with Crippen LogP contribution in [0.2, 0.25) is 0 Å². The van der Waals surface area contributed by atoms with Crippen LogP contribution in [0, 0.1) is 0 Å². The molecule has 6 heteroatoms. The number of ether oxygens (including phenoxy) is 1. The van der Waals surface area contributed by atoms with Crippen molar-refractivity contribution in [3.05, 3.63) is 0 Å². The maximum Gasteiger partial charge on any atom is 0.236 e. The molecule has 5 nitrogen and oxygen atoms in total. The zero-order valence-corrected chi connectivity index (χ0v) is 6.32. The SMILES string of the molecule is OC[C@@]1(O)OC[C@H](O)[C@@]1(O)Cl. The van der Waals surface area contributed by atoms with E-state index in [2.05, 4.69) is 4.74 Å². The third-order valence-electron chi connectivity index (χ3n) is 1.68. The summed E-state index contributed by atoms with van der Waals surface area (Å²) in [5.74, 6) is -2.27. The van der Waals surface area contributed by atoms with E-state index in [0.29, 0.717) is 0 Å². The second kappa shape index (κ2) is 2.55. The summed E-state index contributed by atoms with van der Waals surface area (Å²) >= 11 is 5.30. The zero-order valence-electron chi connectivity index (χ0n) is 5.57. The van der Waals surface area contributed by atoms with Crippen molar-refractivity contribution in [3.63, 3.8) is 0 Å². The van der Waals surface area contributed by atoms with Crippen molar-refractivity contribution in [2.24, 2.45) is 0 Å². The Morgan fingerprint density at radius 1 is 1.55 bits per heavy atom. The van der Waals surface area contributed by atoms with Crippen LogP contribution in [0.3, 0.4) is 0 Å². The largest absolute Gasteiger partial charge is 0.391 e. The Kier molecular flexibility index (Phi) is 2.13. The first kappa shape index (κ1) is 9.18. The van der Waals surface area contributed by atoms with Gasteiger partial charge in [-0.3, -0.25) is 0 Å². The lowest BCUT2D eigenvalue weighted by Crippen LogP contribution is -2.54. The minimum Gasteiger partial charge on any atom is -0.391 e. The van der Waals surface area contributed by atoms with Gasteiger partial charge in [0.25, 0.3) is 0 Å². The minimum absolute atomic E-state index is 0.308. The van der Waals surface area contributed by atoms with E-state index in [9.17, 15) is 5.11 Å². The molecule has 0 aromatic carbocycles. The molecule has 0 saturated carbocycles. The molecule has 0 amide bonds. The van der Waals surface area contributed by atoms with E-state index < -0.39 is 23.6 Å². The lowest BCUT2D eigenvalue weighted by molar-refractivity contribution is -0.248. The summed E-state index contributed by atoms with van der Waals surface area (Å²) in [4.78, 5) is 0. The van der Waals surface area contributed by atoms with Crippen molar-refractivity contribution >= 4 is 11.6 Å². The average molecular weight is 185 g/mol. The molecule has 0 radical (unpaired) electrons. The first-order chi connectivity index (χ1) is 4.94. The van der Waals surface area contributed by atoms with Gasteiger partial charge in [-0.2, -0.15) is 0 Å². The van der Waals surface area contributed by atoms with Crippen molar-refractivity contribution < 1.29 is 25.2 Å². The maximum atomic E-state index is 9.18. The Balaban J connectivity index is 2.86. The van der Waals surface area contributed by atoms with Crippen molar-refractivity contribution in [3.8, 4) is 0 Å². The van der Waals surface area contributed by atoms with Gasteiger partial charge in [-0.05, 0) is 0 Å². The van der Waals surface area contributed by atoms with Crippen LogP contribution in [0.15, 0.2) is 0 Å². The van der Waals surface area contributed by atoms with E-state index in [1.165, 1.54) is 0 Å². The number of alkyl halides is 1. The molecule has 0 bridgehead atoms. The number of aliphatic hydroxyl groups excluding tert-OH is 2. The highest BCUT2D eigenvalue weighted by Gasteiger charge is 2.59. The van der Waals surface area contributed by atoms with Crippen LogP contribution in [0.5, 0.6) is 0 Å². The quantitative estimate of drug-likeness (QED) is 0.354. The van der Waals surface area contributed by atoms with Crippen LogP contribution < -0.4 is 0 Å². The van der Waals surface area contributed by atoms with E-state index in [0.717, 1.165) is 0 Å². The van der Waals surface area contributed by atoms with Crippen molar-refractivity contribution in [1.82, 2.24) is 0 Å². The molecule has 66 valence electrons. The average Bonchev–Trinajstić information content (AvgIpc) is 2.15. The molecule has 1 saturated heterocycles. The highest BCUT2D eigenvalue weighted by Crippen LogP contribution is 2.37. The molecule has 11 heavy (non-hydrogen) atoms. The summed E-state index contributed by atoms with van der Waals surface area (Å²) in [5, 5.41) is 33.5. The smallest absolute Gasteiger partial charge is 0.236 e. The van der Waals surface area contributed by atoms with E-state index in [4.69, 9.17) is 26.9 Å². The fraction of sp³-hybridized carbons (Fsp3) is 1.00. The predicted octanol–water partition coefficient (Wildman–Crippen LogP) is -2.01. The molecule has 0 aromatic heterocycles. The van der Waals surface area contributed by atoms with Gasteiger partial charge in [-0.25, -0.2) is 0 Å². The van der Waals surface area contributed by atoms with Crippen LogP contribution in [0.1, 0.15) is 0 Å². The third kappa shape index (κ3) is 1.14. The fourth-order valence-electron chi connectivity index (χ4n) is 0.845. The van der Waals surface area contributed by atoms with Crippen LogP contribution in [0.4, 0.5) is 0 Å². The lowest BCUT2D eigenvalue weighted by atomic mass is 10.1. The van der Waals surface area contributed by atoms with Gasteiger partial charge in [0, 0.05) is 0 Å². The molecule has 1 rings (SSSR count). The van der Waals surface area contributed by atoms with Crippen LogP contribution in [0.25, 0.3) is 0 Å². The molecule has 3 atom stereocenters. The topological polar surface area (TPSA) is 90.2 Å². The molecule has 0 spiro atoms. The Morgan fingerprint density at radius 3 is 2.27 bits per heavy atom. The van der Waals surface area contributed by atoms with Crippen LogP contribution in [-0.4, -0.2) is 50.6 Å². The summed E-state index contributed by atoms with van der Waals surface area (Å²) < 4.78 is 4.49. The summed E-state index contributed by atoms with van der Waals surface area (Å²) in [5.41, 5.74) is 0. The Morgan fingerprint density at radius 2 is 2.09 bits per heavy atom. The molecule has 1 aliphatic rings. The number of halogens is 1. The van der Waals surface area contributed by atoms with E-state index in [1.54, 1.807) is 0 Å². The standard InChI is InChI=1S/C5H9ClO5/c6-5(10)3(8)1-11-4(5,9)2-7/h3,7-10H,1-2H2/t3-,4+,5-/m0/s1. The molecule has 1 heterocycles. The van der Waals surface area contributed by atoms with Gasteiger partial charge in [-0.1, -0.05) is 11.6 Å². The summed E-state index contributed by atoms with van der Waals surface area (Å²) in [6.07, 6.45) is -1.40.